The molecule has 0 aliphatic carbocycles. The third kappa shape index (κ3) is 3.25. The normalized spacial score (nSPS) is 16.6. The van der Waals surface area contributed by atoms with E-state index in [-0.39, 0.29) is 11.3 Å². The lowest BCUT2D eigenvalue weighted by Crippen LogP contribution is -2.38. The minimum Gasteiger partial charge on any atom is -0.465 e. The van der Waals surface area contributed by atoms with Crippen molar-refractivity contribution in [3.05, 3.63) is 40.6 Å². The average molecular weight is 329 g/mol. The fraction of sp³-hybridized carbons (Fsp3) is 0.579. The van der Waals surface area contributed by atoms with Crippen LogP contribution in [-0.2, 0) is 5.41 Å². The van der Waals surface area contributed by atoms with Crippen molar-refractivity contribution in [1.29, 1.82) is 0 Å². The van der Waals surface area contributed by atoms with Crippen LogP contribution in [0.4, 0.5) is 0 Å². The second-order valence-electron chi connectivity index (χ2n) is 7.87. The molecule has 0 unspecified atom stereocenters. The number of hydrogen-bond donors (Lipinski definition) is 1. The van der Waals surface area contributed by atoms with E-state index in [1.807, 2.05) is 24.8 Å². The molecular formula is C19H27N3O2. The quantitative estimate of drug-likeness (QED) is 0.908. The zero-order valence-electron chi connectivity index (χ0n) is 15.3. The molecule has 0 radical (unpaired) electrons. The smallest absolute Gasteiger partial charge is 0.257 e. The first-order valence-corrected chi connectivity index (χ1v) is 8.68. The van der Waals surface area contributed by atoms with Gasteiger partial charge in [0, 0.05) is 30.1 Å². The van der Waals surface area contributed by atoms with Crippen LogP contribution < -0.4 is 0 Å². The zero-order valence-corrected chi connectivity index (χ0v) is 15.3. The molecular weight excluding hydrogens is 302 g/mol. The predicted octanol–water partition coefficient (Wildman–Crippen LogP) is 3.94. The van der Waals surface area contributed by atoms with Gasteiger partial charge in [0.05, 0.1) is 11.3 Å². The van der Waals surface area contributed by atoms with Crippen molar-refractivity contribution in [3.63, 3.8) is 0 Å². The molecule has 1 amide bonds. The first-order valence-electron chi connectivity index (χ1n) is 8.68. The molecule has 1 saturated heterocycles. The molecule has 0 atom stereocenters. The Morgan fingerprint density at radius 2 is 1.92 bits per heavy atom. The van der Waals surface area contributed by atoms with Gasteiger partial charge in [0.1, 0.15) is 11.5 Å². The highest BCUT2D eigenvalue weighted by atomic mass is 16.3. The maximum Gasteiger partial charge on any atom is 0.257 e. The van der Waals surface area contributed by atoms with Gasteiger partial charge in [-0.25, -0.2) is 0 Å². The number of rotatable bonds is 2. The summed E-state index contributed by atoms with van der Waals surface area (Å²) in [5.41, 5.74) is 2.82. The van der Waals surface area contributed by atoms with Crippen LogP contribution in [0.5, 0.6) is 0 Å². The van der Waals surface area contributed by atoms with Crippen molar-refractivity contribution in [2.75, 3.05) is 13.1 Å². The number of carbonyl (C=O) groups is 1. The highest BCUT2D eigenvalue weighted by Crippen LogP contribution is 2.30. The number of nitrogens with one attached hydrogen (secondary N) is 1. The number of nitrogens with zero attached hydrogens (tertiary/aromatic N) is 2. The highest BCUT2D eigenvalue weighted by Gasteiger charge is 2.29. The monoisotopic (exact) mass is 329 g/mol. The lowest BCUT2D eigenvalue weighted by atomic mass is 9.92. The van der Waals surface area contributed by atoms with Gasteiger partial charge in [-0.2, -0.15) is 5.10 Å². The van der Waals surface area contributed by atoms with Gasteiger partial charge >= 0.3 is 0 Å². The van der Waals surface area contributed by atoms with Gasteiger partial charge in [0.25, 0.3) is 5.91 Å². The van der Waals surface area contributed by atoms with E-state index in [0.29, 0.717) is 11.5 Å². The molecule has 1 N–H and O–H groups in total. The Balaban J connectivity index is 1.68. The van der Waals surface area contributed by atoms with Crippen molar-refractivity contribution < 1.29 is 9.21 Å². The van der Waals surface area contributed by atoms with Crippen molar-refractivity contribution >= 4 is 5.91 Å². The number of carbonyl (C=O) groups excluding carboxylic acids is 1. The highest BCUT2D eigenvalue weighted by molar-refractivity contribution is 5.95. The third-order valence-corrected chi connectivity index (χ3v) is 4.81. The molecule has 3 heterocycles. The van der Waals surface area contributed by atoms with Crippen LogP contribution in [0, 0.1) is 13.8 Å². The summed E-state index contributed by atoms with van der Waals surface area (Å²) in [6, 6.07) is 4.03. The Morgan fingerprint density at radius 1 is 1.25 bits per heavy atom. The Labute approximate surface area is 143 Å². The maximum atomic E-state index is 12.9. The fourth-order valence-electron chi connectivity index (χ4n) is 3.26. The van der Waals surface area contributed by atoms with Crippen molar-refractivity contribution in [2.24, 2.45) is 0 Å². The second-order valence-corrected chi connectivity index (χ2v) is 7.87. The van der Waals surface area contributed by atoms with E-state index in [0.717, 1.165) is 48.8 Å². The summed E-state index contributed by atoms with van der Waals surface area (Å²) >= 11 is 0. The Morgan fingerprint density at radius 3 is 2.42 bits per heavy atom. The van der Waals surface area contributed by atoms with Gasteiger partial charge in [-0.05, 0) is 38.8 Å². The summed E-state index contributed by atoms with van der Waals surface area (Å²) in [4.78, 5) is 14.8. The topological polar surface area (TPSA) is 62.1 Å². The third-order valence-electron chi connectivity index (χ3n) is 4.81. The SMILES string of the molecule is Cc1cc(C2CCN(C(=O)c3cc(C(C)(C)C)oc3C)CC2)n[nH]1. The number of aromatic nitrogens is 2. The summed E-state index contributed by atoms with van der Waals surface area (Å²) < 4.78 is 5.82. The first-order chi connectivity index (χ1) is 11.3. The van der Waals surface area contributed by atoms with E-state index >= 15 is 0 Å². The van der Waals surface area contributed by atoms with Crippen LogP contribution in [0.15, 0.2) is 16.5 Å². The van der Waals surface area contributed by atoms with Crippen LogP contribution >= 0.6 is 0 Å². The minimum absolute atomic E-state index is 0.0865. The molecule has 24 heavy (non-hydrogen) atoms. The fourth-order valence-corrected chi connectivity index (χ4v) is 3.26. The number of likely N-dealkylation sites (tertiary alicyclic amines) is 1. The predicted molar refractivity (Wildman–Crippen MR) is 93.3 cm³/mol. The number of amides is 1. The number of H-pyrrole nitrogens is 1. The number of hydrogen-bond acceptors (Lipinski definition) is 3. The summed E-state index contributed by atoms with van der Waals surface area (Å²) in [6.07, 6.45) is 1.91. The van der Waals surface area contributed by atoms with E-state index < -0.39 is 0 Å². The standard InChI is InChI=1S/C19H27N3O2/c1-12-10-16(21-20-12)14-6-8-22(9-7-14)18(23)15-11-17(19(3,4)5)24-13(15)2/h10-11,14H,6-9H2,1-5H3,(H,20,21). The molecule has 0 saturated carbocycles. The van der Waals surface area contributed by atoms with Gasteiger partial charge in [-0.3, -0.25) is 9.89 Å². The van der Waals surface area contributed by atoms with Gasteiger partial charge in [-0.15, -0.1) is 0 Å². The number of furan rings is 1. The van der Waals surface area contributed by atoms with Crippen LogP contribution in [0.1, 0.15) is 72.8 Å². The Kier molecular flexibility index (Phi) is 4.28. The molecule has 1 aliphatic rings. The van der Waals surface area contributed by atoms with Gasteiger partial charge < -0.3 is 9.32 Å². The van der Waals surface area contributed by atoms with Crippen molar-refractivity contribution in [3.8, 4) is 0 Å². The molecule has 1 aliphatic heterocycles. The van der Waals surface area contributed by atoms with Crippen molar-refractivity contribution in [2.45, 2.75) is 58.8 Å². The molecule has 2 aromatic rings. The number of aryl methyl sites for hydroxylation is 2. The lowest BCUT2D eigenvalue weighted by molar-refractivity contribution is 0.0710. The summed E-state index contributed by atoms with van der Waals surface area (Å²) in [5, 5.41) is 7.38. The van der Waals surface area contributed by atoms with Crippen LogP contribution in [0.3, 0.4) is 0 Å². The van der Waals surface area contributed by atoms with Crippen LogP contribution in [0.2, 0.25) is 0 Å². The van der Waals surface area contributed by atoms with Crippen molar-refractivity contribution in [1.82, 2.24) is 15.1 Å². The summed E-state index contributed by atoms with van der Waals surface area (Å²) in [5.74, 6) is 2.11. The van der Waals surface area contributed by atoms with E-state index in [9.17, 15) is 4.79 Å². The molecule has 0 aromatic carbocycles. The Hall–Kier alpha value is -2.04. The molecule has 3 rings (SSSR count). The molecule has 0 spiro atoms. The summed E-state index contributed by atoms with van der Waals surface area (Å²) in [7, 11) is 0. The maximum absolute atomic E-state index is 12.9. The zero-order chi connectivity index (χ0) is 17.5. The number of aromatic amines is 1. The Bertz CT molecular complexity index is 728. The van der Waals surface area contributed by atoms with Crippen LogP contribution in [0.25, 0.3) is 0 Å². The number of piperidine rings is 1. The first kappa shape index (κ1) is 16.8. The molecule has 5 heteroatoms. The molecule has 1 fully saturated rings. The van der Waals surface area contributed by atoms with Gasteiger partial charge in [-0.1, -0.05) is 20.8 Å². The van der Waals surface area contributed by atoms with E-state index in [1.54, 1.807) is 0 Å². The van der Waals surface area contributed by atoms with Crippen LogP contribution in [-0.4, -0.2) is 34.1 Å². The average Bonchev–Trinajstić information content (AvgIpc) is 3.12. The van der Waals surface area contributed by atoms with Gasteiger partial charge in [0.15, 0.2) is 0 Å². The second kappa shape index (κ2) is 6.11. The molecule has 2 aromatic heterocycles. The molecule has 5 nitrogen and oxygen atoms in total. The lowest BCUT2D eigenvalue weighted by Gasteiger charge is -2.31. The summed E-state index contributed by atoms with van der Waals surface area (Å²) in [6.45, 7) is 11.7. The largest absolute Gasteiger partial charge is 0.465 e. The van der Waals surface area contributed by atoms with E-state index in [4.69, 9.17) is 4.42 Å². The van der Waals surface area contributed by atoms with Gasteiger partial charge in [0.2, 0.25) is 0 Å². The molecule has 130 valence electrons. The molecule has 0 bridgehead atoms. The minimum atomic E-state index is -0.0892. The van der Waals surface area contributed by atoms with E-state index in [1.165, 1.54) is 0 Å². The van der Waals surface area contributed by atoms with E-state index in [2.05, 4.69) is 37.0 Å².